The molecule has 1 saturated heterocycles. The largest absolute Gasteiger partial charge is 0.369 e. The topological polar surface area (TPSA) is 15.6 Å². The van der Waals surface area contributed by atoms with Gasteiger partial charge in [0.05, 0.1) is 12.3 Å². The Morgan fingerprint density at radius 1 is 1.50 bits per heavy atom. The van der Waals surface area contributed by atoms with Crippen LogP contribution < -0.4 is 0 Å². The quantitative estimate of drug-likeness (QED) is 0.656. The number of rotatable bonds is 2. The van der Waals surface area contributed by atoms with E-state index in [1.165, 1.54) is 11.3 Å². The van der Waals surface area contributed by atoms with Crippen LogP contribution in [0.4, 0.5) is 0 Å². The van der Waals surface area contributed by atoms with Gasteiger partial charge in [-0.25, -0.2) is 0 Å². The molecule has 0 atom stereocenters. The summed E-state index contributed by atoms with van der Waals surface area (Å²) in [5.41, 5.74) is 3.51. The van der Waals surface area contributed by atoms with Gasteiger partial charge in [-0.2, -0.15) is 0 Å². The molecule has 0 amide bonds. The summed E-state index contributed by atoms with van der Waals surface area (Å²) in [6.07, 6.45) is 1.01. The number of hydrogen-bond acceptors (Lipinski definition) is 2. The van der Waals surface area contributed by atoms with Crippen LogP contribution in [0.5, 0.6) is 0 Å². The van der Waals surface area contributed by atoms with Crippen LogP contribution in [-0.2, 0) is 0 Å². The molecule has 0 aromatic heterocycles. The highest BCUT2D eigenvalue weighted by atomic mass is 15.1. The molecule has 1 heterocycles. The minimum atomic E-state index is 0.513. The maximum Gasteiger partial charge on any atom is 0.0597 e. The first-order valence-electron chi connectivity index (χ1n) is 5.13. The lowest BCUT2D eigenvalue weighted by molar-refractivity contribution is 0.347. The fourth-order valence-electron chi connectivity index (χ4n) is 1.62. The lowest BCUT2D eigenvalue weighted by Gasteiger charge is -2.34. The van der Waals surface area contributed by atoms with E-state index in [1.54, 1.807) is 0 Å². The zero-order chi connectivity index (χ0) is 10.7. The molecule has 0 aromatic rings. The van der Waals surface area contributed by atoms with Crippen molar-refractivity contribution in [3.8, 4) is 0 Å². The first kappa shape index (κ1) is 11.0. The Morgan fingerprint density at radius 2 is 2.14 bits per heavy atom. The molecule has 0 spiro atoms. The standard InChI is InChI=1S/C12H20N2/c1-9(2)11(4)14-7-6-10(3)12(8-14)13-5/h9H,3-4,6-8H2,1-2,5H3. The Kier molecular flexibility index (Phi) is 3.50. The Morgan fingerprint density at radius 3 is 2.64 bits per heavy atom. The molecule has 1 rings (SSSR count). The molecular weight excluding hydrogens is 172 g/mol. The van der Waals surface area contributed by atoms with E-state index in [1.807, 2.05) is 7.05 Å². The fraction of sp³-hybridized carbons (Fsp3) is 0.583. The summed E-state index contributed by atoms with van der Waals surface area (Å²) < 4.78 is 0. The smallest absolute Gasteiger partial charge is 0.0597 e. The normalized spacial score (nSPS) is 20.7. The highest BCUT2D eigenvalue weighted by Gasteiger charge is 2.19. The number of allylic oxidation sites excluding steroid dienone is 1. The Labute approximate surface area is 87.0 Å². The predicted octanol–water partition coefficient (Wildman–Crippen LogP) is 2.49. The number of nitrogens with zero attached hydrogens (tertiary/aromatic N) is 2. The maximum absolute atomic E-state index is 4.25. The molecule has 0 radical (unpaired) electrons. The van der Waals surface area contributed by atoms with Crippen molar-refractivity contribution in [1.82, 2.24) is 4.90 Å². The summed E-state index contributed by atoms with van der Waals surface area (Å²) in [6, 6.07) is 0. The van der Waals surface area contributed by atoms with E-state index in [9.17, 15) is 0 Å². The van der Waals surface area contributed by atoms with Gasteiger partial charge in [-0.1, -0.05) is 27.0 Å². The molecule has 2 nitrogen and oxygen atoms in total. The van der Waals surface area contributed by atoms with Crippen molar-refractivity contribution in [3.63, 3.8) is 0 Å². The molecule has 0 bridgehead atoms. The van der Waals surface area contributed by atoms with Gasteiger partial charge in [0.25, 0.3) is 0 Å². The van der Waals surface area contributed by atoms with Crippen molar-refractivity contribution in [3.05, 3.63) is 24.4 Å². The van der Waals surface area contributed by atoms with Crippen molar-refractivity contribution in [1.29, 1.82) is 0 Å². The number of hydrogen-bond donors (Lipinski definition) is 0. The van der Waals surface area contributed by atoms with E-state index >= 15 is 0 Å². The van der Waals surface area contributed by atoms with Crippen LogP contribution in [0.3, 0.4) is 0 Å². The first-order valence-corrected chi connectivity index (χ1v) is 5.13. The second-order valence-electron chi connectivity index (χ2n) is 4.09. The van der Waals surface area contributed by atoms with Gasteiger partial charge in [-0.15, -0.1) is 0 Å². The van der Waals surface area contributed by atoms with Crippen LogP contribution >= 0.6 is 0 Å². The van der Waals surface area contributed by atoms with E-state index in [4.69, 9.17) is 0 Å². The van der Waals surface area contributed by atoms with Gasteiger partial charge in [0.15, 0.2) is 0 Å². The van der Waals surface area contributed by atoms with Crippen molar-refractivity contribution in [2.45, 2.75) is 20.3 Å². The Hall–Kier alpha value is -1.05. The fourth-order valence-corrected chi connectivity index (χ4v) is 1.62. The van der Waals surface area contributed by atoms with Gasteiger partial charge >= 0.3 is 0 Å². The van der Waals surface area contributed by atoms with Crippen molar-refractivity contribution in [2.75, 3.05) is 20.1 Å². The summed E-state index contributed by atoms with van der Waals surface area (Å²) >= 11 is 0. The second kappa shape index (κ2) is 4.45. The molecule has 0 unspecified atom stereocenters. The molecule has 0 aromatic carbocycles. The summed E-state index contributed by atoms with van der Waals surface area (Å²) in [4.78, 5) is 6.56. The highest BCUT2D eigenvalue weighted by molar-refractivity contribution is 6.01. The minimum Gasteiger partial charge on any atom is -0.369 e. The van der Waals surface area contributed by atoms with Crippen molar-refractivity contribution >= 4 is 5.71 Å². The first-order chi connectivity index (χ1) is 6.56. The molecule has 2 heteroatoms. The molecule has 1 aliphatic heterocycles. The molecule has 1 fully saturated rings. The zero-order valence-electron chi connectivity index (χ0n) is 9.51. The predicted molar refractivity (Wildman–Crippen MR) is 62.7 cm³/mol. The van der Waals surface area contributed by atoms with Crippen LogP contribution in [0, 0.1) is 5.92 Å². The third-order valence-corrected chi connectivity index (χ3v) is 2.77. The molecular formula is C12H20N2. The summed E-state index contributed by atoms with van der Waals surface area (Å²) in [6.45, 7) is 14.4. The Bertz CT molecular complexity index is 274. The van der Waals surface area contributed by atoms with Crippen LogP contribution in [0.2, 0.25) is 0 Å². The van der Waals surface area contributed by atoms with Gasteiger partial charge < -0.3 is 4.90 Å². The number of likely N-dealkylation sites (tertiary alicyclic amines) is 1. The third kappa shape index (κ3) is 2.25. The molecule has 0 saturated carbocycles. The molecule has 1 aliphatic rings. The van der Waals surface area contributed by atoms with Crippen LogP contribution in [0.1, 0.15) is 20.3 Å². The van der Waals surface area contributed by atoms with E-state index in [0.29, 0.717) is 5.92 Å². The Balaban J connectivity index is 2.68. The molecule has 0 N–H and O–H groups in total. The number of piperidine rings is 1. The van der Waals surface area contributed by atoms with Gasteiger partial charge in [0.1, 0.15) is 0 Å². The highest BCUT2D eigenvalue weighted by Crippen LogP contribution is 2.20. The van der Waals surface area contributed by atoms with Crippen LogP contribution in [-0.4, -0.2) is 30.7 Å². The van der Waals surface area contributed by atoms with E-state index in [-0.39, 0.29) is 0 Å². The van der Waals surface area contributed by atoms with Gasteiger partial charge in [0.2, 0.25) is 0 Å². The summed E-state index contributed by atoms with van der Waals surface area (Å²) in [5.74, 6) is 0.513. The average Bonchev–Trinajstić information content (AvgIpc) is 2.17. The second-order valence-corrected chi connectivity index (χ2v) is 4.09. The van der Waals surface area contributed by atoms with Crippen LogP contribution in [0.15, 0.2) is 29.4 Å². The van der Waals surface area contributed by atoms with Crippen LogP contribution in [0.25, 0.3) is 0 Å². The SMILES string of the molecule is C=C1CCN(C(=C)C(C)C)CC1=NC. The third-order valence-electron chi connectivity index (χ3n) is 2.77. The van der Waals surface area contributed by atoms with Crippen molar-refractivity contribution < 1.29 is 0 Å². The molecule has 14 heavy (non-hydrogen) atoms. The van der Waals surface area contributed by atoms with E-state index < -0.39 is 0 Å². The zero-order valence-corrected chi connectivity index (χ0v) is 9.51. The number of aliphatic imine (C=N–C) groups is 1. The molecule has 0 aliphatic carbocycles. The molecule has 78 valence electrons. The average molecular weight is 192 g/mol. The van der Waals surface area contributed by atoms with E-state index in [2.05, 4.69) is 36.9 Å². The van der Waals surface area contributed by atoms with Crippen molar-refractivity contribution in [2.24, 2.45) is 10.9 Å². The lowest BCUT2D eigenvalue weighted by Crippen LogP contribution is -2.37. The maximum atomic E-state index is 4.25. The monoisotopic (exact) mass is 192 g/mol. The summed E-state index contributed by atoms with van der Waals surface area (Å²) in [5, 5.41) is 0. The summed E-state index contributed by atoms with van der Waals surface area (Å²) in [7, 11) is 1.84. The van der Waals surface area contributed by atoms with Gasteiger partial charge in [0, 0.05) is 19.3 Å². The van der Waals surface area contributed by atoms with Gasteiger partial charge in [-0.3, -0.25) is 4.99 Å². The van der Waals surface area contributed by atoms with Gasteiger partial charge in [-0.05, 0) is 17.9 Å². The lowest BCUT2D eigenvalue weighted by atomic mass is 10.0. The van der Waals surface area contributed by atoms with E-state index in [0.717, 1.165) is 25.2 Å². The minimum absolute atomic E-state index is 0.513.